The number of carbonyl (C=O) groups is 1. The largest absolute Gasteiger partial charge is 0.455 e. The van der Waals surface area contributed by atoms with Crippen molar-refractivity contribution in [1.29, 1.82) is 0 Å². The Balaban J connectivity index is 2.13. The number of esters is 1. The molecule has 1 aliphatic rings. The lowest BCUT2D eigenvalue weighted by Crippen LogP contribution is -2.26. The van der Waals surface area contributed by atoms with E-state index in [0.29, 0.717) is 18.1 Å². The van der Waals surface area contributed by atoms with Crippen LogP contribution in [0.5, 0.6) is 0 Å². The molecule has 1 saturated heterocycles. The van der Waals surface area contributed by atoms with E-state index in [1.165, 1.54) is 0 Å². The Morgan fingerprint density at radius 3 is 2.79 bits per heavy atom. The molecule has 1 atom stereocenters. The molecule has 2 heterocycles. The van der Waals surface area contributed by atoms with Gasteiger partial charge in [0.05, 0.1) is 6.10 Å². The first-order valence-corrected chi connectivity index (χ1v) is 6.48. The number of pyridine rings is 1. The van der Waals surface area contributed by atoms with Crippen molar-refractivity contribution in [2.45, 2.75) is 38.9 Å². The number of ether oxygens (including phenoxy) is 1. The minimum absolute atomic E-state index is 0.300. The average molecular weight is 264 g/mol. The molecule has 0 aromatic carbocycles. The zero-order chi connectivity index (χ0) is 14.0. The standard InChI is InChI=1S/C14H20N2O3/c1-14(2,3)19-13(18)11-5-4-6-12(15-11)16-8-7-10(17)9-16/h4-6,10,17H,7-9H2,1-3H3. The lowest BCUT2D eigenvalue weighted by atomic mass is 10.2. The maximum absolute atomic E-state index is 11.9. The van der Waals surface area contributed by atoms with Crippen LogP contribution in [0.15, 0.2) is 18.2 Å². The minimum Gasteiger partial charge on any atom is -0.455 e. The highest BCUT2D eigenvalue weighted by molar-refractivity contribution is 5.88. The van der Waals surface area contributed by atoms with Gasteiger partial charge in [0.25, 0.3) is 0 Å². The second-order valence-corrected chi connectivity index (χ2v) is 5.77. The fourth-order valence-electron chi connectivity index (χ4n) is 1.99. The Kier molecular flexibility index (Phi) is 3.75. The summed E-state index contributed by atoms with van der Waals surface area (Å²) in [5.74, 6) is 0.286. The van der Waals surface area contributed by atoms with E-state index < -0.39 is 11.6 Å². The molecule has 0 radical (unpaired) electrons. The number of hydrogen-bond donors (Lipinski definition) is 1. The van der Waals surface area contributed by atoms with Crippen LogP contribution in [0.4, 0.5) is 5.82 Å². The van der Waals surface area contributed by atoms with Crippen molar-refractivity contribution >= 4 is 11.8 Å². The van der Waals surface area contributed by atoms with Crippen LogP contribution in [0.1, 0.15) is 37.7 Å². The van der Waals surface area contributed by atoms with Gasteiger partial charge in [0.1, 0.15) is 11.4 Å². The van der Waals surface area contributed by atoms with E-state index >= 15 is 0 Å². The molecule has 2 rings (SSSR count). The monoisotopic (exact) mass is 264 g/mol. The number of aliphatic hydroxyl groups excluding tert-OH is 1. The van der Waals surface area contributed by atoms with Crippen LogP contribution in [0, 0.1) is 0 Å². The van der Waals surface area contributed by atoms with Gasteiger partial charge in [-0.3, -0.25) is 0 Å². The van der Waals surface area contributed by atoms with Crippen molar-refractivity contribution in [1.82, 2.24) is 4.98 Å². The number of anilines is 1. The third-order valence-corrected chi connectivity index (χ3v) is 2.83. The third-order valence-electron chi connectivity index (χ3n) is 2.83. The zero-order valence-corrected chi connectivity index (χ0v) is 11.6. The predicted molar refractivity (Wildman–Crippen MR) is 72.2 cm³/mol. The first-order valence-electron chi connectivity index (χ1n) is 6.48. The Bertz CT molecular complexity index is 468. The average Bonchev–Trinajstić information content (AvgIpc) is 2.74. The molecule has 1 fully saturated rings. The fraction of sp³-hybridized carbons (Fsp3) is 0.571. The van der Waals surface area contributed by atoms with Crippen LogP contribution >= 0.6 is 0 Å². The summed E-state index contributed by atoms with van der Waals surface area (Å²) in [6.07, 6.45) is 0.421. The zero-order valence-electron chi connectivity index (χ0n) is 11.6. The molecule has 0 spiro atoms. The second kappa shape index (κ2) is 5.17. The summed E-state index contributed by atoms with van der Waals surface area (Å²) in [6.45, 7) is 6.79. The summed E-state index contributed by atoms with van der Waals surface area (Å²) in [4.78, 5) is 18.2. The third kappa shape index (κ3) is 3.67. The smallest absolute Gasteiger partial charge is 0.357 e. The topological polar surface area (TPSA) is 62.7 Å². The van der Waals surface area contributed by atoms with Crippen molar-refractivity contribution in [3.63, 3.8) is 0 Å². The van der Waals surface area contributed by atoms with Crippen molar-refractivity contribution in [2.24, 2.45) is 0 Å². The van der Waals surface area contributed by atoms with E-state index in [1.807, 2.05) is 31.7 Å². The molecule has 104 valence electrons. The molecule has 19 heavy (non-hydrogen) atoms. The maximum atomic E-state index is 11.9. The maximum Gasteiger partial charge on any atom is 0.357 e. The van der Waals surface area contributed by atoms with Gasteiger partial charge in [-0.05, 0) is 39.3 Å². The van der Waals surface area contributed by atoms with Crippen LogP contribution in [0.2, 0.25) is 0 Å². The van der Waals surface area contributed by atoms with Gasteiger partial charge in [-0.1, -0.05) is 6.07 Å². The van der Waals surface area contributed by atoms with Crippen molar-refractivity contribution in [3.05, 3.63) is 23.9 Å². The number of nitrogens with zero attached hydrogens (tertiary/aromatic N) is 2. The van der Waals surface area contributed by atoms with Crippen LogP contribution in [0.25, 0.3) is 0 Å². The van der Waals surface area contributed by atoms with Gasteiger partial charge in [-0.2, -0.15) is 0 Å². The van der Waals surface area contributed by atoms with Gasteiger partial charge in [0, 0.05) is 13.1 Å². The van der Waals surface area contributed by atoms with Gasteiger partial charge >= 0.3 is 5.97 Å². The molecule has 5 heteroatoms. The molecule has 1 unspecified atom stereocenters. The molecule has 0 aliphatic carbocycles. The van der Waals surface area contributed by atoms with Crippen LogP contribution in [-0.2, 0) is 4.74 Å². The van der Waals surface area contributed by atoms with Crippen LogP contribution < -0.4 is 4.90 Å². The van der Waals surface area contributed by atoms with Crippen molar-refractivity contribution in [3.8, 4) is 0 Å². The number of rotatable bonds is 2. The number of β-amino-alcohol motifs (C(OH)–C–C–N with tert-alkyl or cyclic N) is 1. The summed E-state index contributed by atoms with van der Waals surface area (Å²) in [6, 6.07) is 5.27. The normalized spacial score (nSPS) is 19.6. The molecule has 1 N–H and O–H groups in total. The Morgan fingerprint density at radius 2 is 2.21 bits per heavy atom. The second-order valence-electron chi connectivity index (χ2n) is 5.77. The molecule has 5 nitrogen and oxygen atoms in total. The summed E-state index contributed by atoms with van der Waals surface area (Å²) in [5, 5.41) is 9.53. The predicted octanol–water partition coefficient (Wildman–Crippen LogP) is 1.61. The summed E-state index contributed by atoms with van der Waals surface area (Å²) in [5.41, 5.74) is -0.229. The van der Waals surface area contributed by atoms with Crippen LogP contribution in [0.3, 0.4) is 0 Å². The van der Waals surface area contributed by atoms with E-state index in [-0.39, 0.29) is 6.10 Å². The van der Waals surface area contributed by atoms with Gasteiger partial charge in [0.15, 0.2) is 5.69 Å². The van der Waals surface area contributed by atoms with E-state index in [4.69, 9.17) is 4.74 Å². The first kappa shape index (κ1) is 13.8. The van der Waals surface area contributed by atoms with Crippen molar-refractivity contribution < 1.29 is 14.6 Å². The highest BCUT2D eigenvalue weighted by atomic mass is 16.6. The van der Waals surface area contributed by atoms with Gasteiger partial charge in [-0.15, -0.1) is 0 Å². The Labute approximate surface area is 113 Å². The van der Waals surface area contributed by atoms with Gasteiger partial charge < -0.3 is 14.7 Å². The molecule has 0 saturated carbocycles. The van der Waals surface area contributed by atoms with Crippen LogP contribution in [-0.4, -0.2) is 40.9 Å². The lowest BCUT2D eigenvalue weighted by Gasteiger charge is -2.20. The summed E-state index contributed by atoms with van der Waals surface area (Å²) < 4.78 is 5.29. The van der Waals surface area contributed by atoms with Gasteiger partial charge in [0.2, 0.25) is 0 Å². The highest BCUT2D eigenvalue weighted by Gasteiger charge is 2.23. The molecular weight excluding hydrogens is 244 g/mol. The lowest BCUT2D eigenvalue weighted by molar-refractivity contribution is 0.00629. The van der Waals surface area contributed by atoms with Gasteiger partial charge in [-0.25, -0.2) is 9.78 Å². The first-order chi connectivity index (χ1) is 8.85. The molecule has 1 aromatic heterocycles. The molecule has 1 aromatic rings. The summed E-state index contributed by atoms with van der Waals surface area (Å²) in [7, 11) is 0. The van der Waals surface area contributed by atoms with E-state index in [0.717, 1.165) is 13.0 Å². The number of aromatic nitrogens is 1. The SMILES string of the molecule is CC(C)(C)OC(=O)c1cccc(N2CCC(O)C2)n1. The fourth-order valence-corrected chi connectivity index (χ4v) is 1.99. The number of aliphatic hydroxyl groups is 1. The van der Waals surface area contributed by atoms with Crippen molar-refractivity contribution in [2.75, 3.05) is 18.0 Å². The Hall–Kier alpha value is -1.62. The van der Waals surface area contributed by atoms with E-state index in [1.54, 1.807) is 12.1 Å². The Morgan fingerprint density at radius 1 is 1.47 bits per heavy atom. The number of hydrogen-bond acceptors (Lipinski definition) is 5. The molecule has 0 bridgehead atoms. The molecule has 1 aliphatic heterocycles. The highest BCUT2D eigenvalue weighted by Crippen LogP contribution is 2.19. The minimum atomic E-state index is -0.529. The number of carbonyl (C=O) groups excluding carboxylic acids is 1. The molecule has 0 amide bonds. The quantitative estimate of drug-likeness (QED) is 0.822. The molecular formula is C14H20N2O3. The van der Waals surface area contributed by atoms with E-state index in [9.17, 15) is 9.90 Å². The van der Waals surface area contributed by atoms with E-state index in [2.05, 4.69) is 4.98 Å². The summed E-state index contributed by atoms with van der Waals surface area (Å²) >= 11 is 0.